The van der Waals surface area contributed by atoms with Gasteiger partial charge in [0.1, 0.15) is 0 Å². The molecule has 0 aromatic heterocycles. The molecule has 2 N–H and O–H groups in total. The van der Waals surface area contributed by atoms with E-state index in [0.29, 0.717) is 6.54 Å². The molecule has 0 fully saturated rings. The maximum Gasteiger partial charge on any atom is 0.309 e. The van der Waals surface area contributed by atoms with E-state index in [4.69, 9.17) is 5.11 Å². The monoisotopic (exact) mass is 292 g/mol. The topological polar surface area (TPSA) is 69.6 Å². The van der Waals surface area contributed by atoms with E-state index in [2.05, 4.69) is 10.2 Å². The van der Waals surface area contributed by atoms with Crippen LogP contribution in [0.25, 0.3) is 0 Å². The largest absolute Gasteiger partial charge is 0.481 e. The lowest BCUT2D eigenvalue weighted by Gasteiger charge is -2.20. The molecule has 5 nitrogen and oxygen atoms in total. The number of rotatable bonds is 8. The van der Waals surface area contributed by atoms with Crippen molar-refractivity contribution in [3.8, 4) is 0 Å². The predicted molar refractivity (Wildman–Crippen MR) is 83.4 cm³/mol. The SMILES string of the molecule is CN(CCCNC(=O)CC(C)(C)C(=O)O)c1ccccc1. The molecule has 1 aromatic carbocycles. The molecule has 1 aromatic rings. The minimum absolute atomic E-state index is 0.00312. The summed E-state index contributed by atoms with van der Waals surface area (Å²) in [6, 6.07) is 10.0. The molecule has 0 aliphatic heterocycles. The van der Waals surface area contributed by atoms with E-state index in [1.54, 1.807) is 13.8 Å². The van der Waals surface area contributed by atoms with Crippen molar-refractivity contribution in [3.63, 3.8) is 0 Å². The maximum absolute atomic E-state index is 11.7. The second-order valence-corrected chi connectivity index (χ2v) is 5.83. The Morgan fingerprint density at radius 2 is 1.86 bits per heavy atom. The number of nitrogens with zero attached hydrogens (tertiary/aromatic N) is 1. The van der Waals surface area contributed by atoms with Crippen LogP contribution in [-0.2, 0) is 9.59 Å². The van der Waals surface area contributed by atoms with Gasteiger partial charge < -0.3 is 15.3 Å². The Hall–Kier alpha value is -2.04. The molecular formula is C16H24N2O3. The summed E-state index contributed by atoms with van der Waals surface area (Å²) >= 11 is 0. The van der Waals surface area contributed by atoms with Gasteiger partial charge in [-0.2, -0.15) is 0 Å². The van der Waals surface area contributed by atoms with Crippen LogP contribution in [0.2, 0.25) is 0 Å². The highest BCUT2D eigenvalue weighted by atomic mass is 16.4. The lowest BCUT2D eigenvalue weighted by molar-refractivity contribution is -0.149. The van der Waals surface area contributed by atoms with Gasteiger partial charge in [0.25, 0.3) is 0 Å². The van der Waals surface area contributed by atoms with Crippen LogP contribution in [0, 0.1) is 5.41 Å². The third kappa shape index (κ3) is 5.85. The number of carbonyl (C=O) groups excluding carboxylic acids is 1. The van der Waals surface area contributed by atoms with E-state index >= 15 is 0 Å². The van der Waals surface area contributed by atoms with E-state index in [-0.39, 0.29) is 12.3 Å². The van der Waals surface area contributed by atoms with Crippen molar-refractivity contribution in [2.45, 2.75) is 26.7 Å². The Morgan fingerprint density at radius 3 is 2.43 bits per heavy atom. The second-order valence-electron chi connectivity index (χ2n) is 5.83. The number of hydrogen-bond acceptors (Lipinski definition) is 3. The zero-order valence-electron chi connectivity index (χ0n) is 12.9. The Bertz CT molecular complexity index is 472. The van der Waals surface area contributed by atoms with E-state index < -0.39 is 11.4 Å². The minimum atomic E-state index is -1.02. The molecule has 0 aliphatic rings. The van der Waals surface area contributed by atoms with Crippen molar-refractivity contribution in [3.05, 3.63) is 30.3 Å². The quantitative estimate of drug-likeness (QED) is 0.720. The molecule has 116 valence electrons. The van der Waals surface area contributed by atoms with Gasteiger partial charge in [0, 0.05) is 32.2 Å². The van der Waals surface area contributed by atoms with Crippen LogP contribution in [0.15, 0.2) is 30.3 Å². The number of aliphatic carboxylic acids is 1. The number of para-hydroxylation sites is 1. The van der Waals surface area contributed by atoms with Crippen LogP contribution < -0.4 is 10.2 Å². The molecule has 21 heavy (non-hydrogen) atoms. The first-order chi connectivity index (χ1) is 9.83. The molecule has 0 unspecified atom stereocenters. The van der Waals surface area contributed by atoms with Gasteiger partial charge in [-0.15, -0.1) is 0 Å². The summed E-state index contributed by atoms with van der Waals surface area (Å²) in [6.07, 6.45) is 0.807. The van der Waals surface area contributed by atoms with Gasteiger partial charge in [-0.1, -0.05) is 18.2 Å². The Kier molecular flexibility index (Phi) is 6.21. The van der Waals surface area contributed by atoms with Crippen molar-refractivity contribution in [2.24, 2.45) is 5.41 Å². The number of carboxylic acids is 1. The standard InChI is InChI=1S/C16H24N2O3/c1-16(2,15(20)21)12-14(19)17-10-7-11-18(3)13-8-5-4-6-9-13/h4-6,8-9H,7,10-12H2,1-3H3,(H,17,19)(H,20,21). The summed E-state index contributed by atoms with van der Waals surface area (Å²) in [5.41, 5.74) is 0.112. The molecule has 0 aliphatic carbocycles. The highest BCUT2D eigenvalue weighted by Crippen LogP contribution is 2.19. The molecule has 0 spiro atoms. The molecular weight excluding hydrogens is 268 g/mol. The number of hydrogen-bond donors (Lipinski definition) is 2. The number of anilines is 1. The van der Waals surface area contributed by atoms with Crippen LogP contribution in [0.5, 0.6) is 0 Å². The van der Waals surface area contributed by atoms with E-state index in [1.807, 2.05) is 37.4 Å². The average molecular weight is 292 g/mol. The maximum atomic E-state index is 11.7. The van der Waals surface area contributed by atoms with Crippen molar-refractivity contribution in [1.82, 2.24) is 5.32 Å². The molecule has 0 radical (unpaired) electrons. The van der Waals surface area contributed by atoms with E-state index in [0.717, 1.165) is 18.7 Å². The zero-order chi connectivity index (χ0) is 15.9. The molecule has 1 amide bonds. The van der Waals surface area contributed by atoms with Gasteiger partial charge >= 0.3 is 5.97 Å². The Morgan fingerprint density at radius 1 is 1.24 bits per heavy atom. The fourth-order valence-corrected chi connectivity index (χ4v) is 1.90. The Labute approximate surface area is 126 Å². The lowest BCUT2D eigenvalue weighted by Crippen LogP contribution is -2.34. The lowest BCUT2D eigenvalue weighted by atomic mass is 9.89. The van der Waals surface area contributed by atoms with Gasteiger partial charge in [0.05, 0.1) is 5.41 Å². The minimum Gasteiger partial charge on any atom is -0.481 e. The number of nitrogens with one attached hydrogen (secondary N) is 1. The smallest absolute Gasteiger partial charge is 0.309 e. The van der Waals surface area contributed by atoms with Crippen LogP contribution in [0.3, 0.4) is 0 Å². The summed E-state index contributed by atoms with van der Waals surface area (Å²) in [7, 11) is 2.00. The number of carbonyl (C=O) groups is 2. The van der Waals surface area contributed by atoms with E-state index in [1.165, 1.54) is 0 Å². The molecule has 0 saturated carbocycles. The first-order valence-corrected chi connectivity index (χ1v) is 7.09. The van der Waals surface area contributed by atoms with E-state index in [9.17, 15) is 9.59 Å². The van der Waals surface area contributed by atoms with Gasteiger partial charge in [-0.05, 0) is 32.4 Å². The Balaban J connectivity index is 2.25. The van der Waals surface area contributed by atoms with Crippen molar-refractivity contribution in [1.29, 1.82) is 0 Å². The molecule has 0 heterocycles. The van der Waals surface area contributed by atoms with Gasteiger partial charge in [0.2, 0.25) is 5.91 Å². The van der Waals surface area contributed by atoms with Gasteiger partial charge in [-0.3, -0.25) is 9.59 Å². The summed E-state index contributed by atoms with van der Waals surface area (Å²) in [5, 5.41) is 11.7. The fourth-order valence-electron chi connectivity index (χ4n) is 1.90. The summed E-state index contributed by atoms with van der Waals surface area (Å²) < 4.78 is 0. The number of amides is 1. The third-order valence-electron chi connectivity index (χ3n) is 3.37. The van der Waals surface area contributed by atoms with Crippen LogP contribution in [0.4, 0.5) is 5.69 Å². The summed E-state index contributed by atoms with van der Waals surface area (Å²) in [5.74, 6) is -1.17. The average Bonchev–Trinajstić information content (AvgIpc) is 2.43. The van der Waals surface area contributed by atoms with Crippen LogP contribution in [-0.4, -0.2) is 37.1 Å². The summed E-state index contributed by atoms with van der Waals surface area (Å²) in [6.45, 7) is 4.48. The predicted octanol–water partition coefficient (Wildman–Crippen LogP) is 2.13. The third-order valence-corrected chi connectivity index (χ3v) is 3.37. The van der Waals surface area contributed by atoms with Crippen LogP contribution >= 0.6 is 0 Å². The molecule has 0 atom stereocenters. The number of benzene rings is 1. The van der Waals surface area contributed by atoms with Crippen molar-refractivity contribution < 1.29 is 14.7 Å². The molecule has 5 heteroatoms. The van der Waals surface area contributed by atoms with Gasteiger partial charge in [-0.25, -0.2) is 0 Å². The molecule has 0 bridgehead atoms. The van der Waals surface area contributed by atoms with Crippen molar-refractivity contribution in [2.75, 3.05) is 25.0 Å². The first kappa shape index (κ1) is 17.0. The normalized spacial score (nSPS) is 11.0. The van der Waals surface area contributed by atoms with Crippen LogP contribution in [0.1, 0.15) is 26.7 Å². The zero-order valence-corrected chi connectivity index (χ0v) is 12.9. The second kappa shape index (κ2) is 7.67. The fraction of sp³-hybridized carbons (Fsp3) is 0.500. The van der Waals surface area contributed by atoms with Crippen molar-refractivity contribution >= 4 is 17.6 Å². The molecule has 1 rings (SSSR count). The first-order valence-electron chi connectivity index (χ1n) is 7.09. The number of carboxylic acid groups (broad SMARTS) is 1. The highest BCUT2D eigenvalue weighted by Gasteiger charge is 2.29. The summed E-state index contributed by atoms with van der Waals surface area (Å²) in [4.78, 5) is 24.8. The molecule has 0 saturated heterocycles. The van der Waals surface area contributed by atoms with Gasteiger partial charge in [0.15, 0.2) is 0 Å². The highest BCUT2D eigenvalue weighted by molar-refractivity contribution is 5.84.